The molecule has 0 fully saturated rings. The van der Waals surface area contributed by atoms with E-state index in [-0.39, 0.29) is 0 Å². The number of imidazole rings is 1. The average Bonchev–Trinajstić information content (AvgIpc) is 2.51. The van der Waals surface area contributed by atoms with Crippen LogP contribution in [0.3, 0.4) is 0 Å². The van der Waals surface area contributed by atoms with Crippen LogP contribution < -0.4 is 0 Å². The second kappa shape index (κ2) is 3.36. The summed E-state index contributed by atoms with van der Waals surface area (Å²) in [6, 6.07) is 3.71. The quantitative estimate of drug-likeness (QED) is 0.736. The lowest BCUT2D eigenvalue weighted by Crippen LogP contribution is -1.93. The second-order valence-corrected chi connectivity index (χ2v) is 3.14. The first-order valence-electron chi connectivity index (χ1n) is 3.92. The molecule has 0 aliphatic rings. The summed E-state index contributed by atoms with van der Waals surface area (Å²) in [7, 11) is 1.66. The number of pyridine rings is 1. The zero-order valence-electron chi connectivity index (χ0n) is 7.20. The molecule has 0 unspecified atom stereocenters. The van der Waals surface area contributed by atoms with E-state index in [2.05, 4.69) is 4.98 Å². The highest BCUT2D eigenvalue weighted by molar-refractivity contribution is 6.33. The van der Waals surface area contributed by atoms with E-state index in [1.807, 2.05) is 22.7 Å². The fourth-order valence-electron chi connectivity index (χ4n) is 1.28. The summed E-state index contributed by atoms with van der Waals surface area (Å²) in [5, 5.41) is 0.657. The predicted octanol–water partition coefficient (Wildman–Crippen LogP) is 2.13. The number of hydrogen-bond acceptors (Lipinski definition) is 2. The van der Waals surface area contributed by atoms with Gasteiger partial charge in [-0.2, -0.15) is 0 Å². The van der Waals surface area contributed by atoms with Gasteiger partial charge in [-0.05, 0) is 12.1 Å². The lowest BCUT2D eigenvalue weighted by Gasteiger charge is -1.99. The van der Waals surface area contributed by atoms with E-state index in [1.54, 1.807) is 13.3 Å². The molecule has 2 heterocycles. The Morgan fingerprint density at radius 2 is 2.46 bits per heavy atom. The van der Waals surface area contributed by atoms with Gasteiger partial charge in [0.25, 0.3) is 0 Å². The normalized spacial score (nSPS) is 10.9. The number of methoxy groups -OCH3 is 1. The molecule has 0 spiro atoms. The fraction of sp³-hybridized carbons (Fsp3) is 0.222. The summed E-state index contributed by atoms with van der Waals surface area (Å²) in [6.45, 7) is 0.543. The van der Waals surface area contributed by atoms with Crippen molar-refractivity contribution in [2.75, 3.05) is 7.11 Å². The Bertz CT molecular complexity index is 424. The van der Waals surface area contributed by atoms with Gasteiger partial charge >= 0.3 is 0 Å². The molecule has 2 aromatic heterocycles. The van der Waals surface area contributed by atoms with Crippen molar-refractivity contribution in [1.29, 1.82) is 0 Å². The Morgan fingerprint density at radius 3 is 3.23 bits per heavy atom. The Morgan fingerprint density at radius 1 is 1.62 bits per heavy atom. The smallest absolute Gasteiger partial charge is 0.155 e. The van der Waals surface area contributed by atoms with Gasteiger partial charge in [-0.15, -0.1) is 0 Å². The van der Waals surface area contributed by atoms with Crippen LogP contribution in [0.2, 0.25) is 5.02 Å². The third-order valence-electron chi connectivity index (χ3n) is 1.86. The number of hydrogen-bond donors (Lipinski definition) is 0. The second-order valence-electron chi connectivity index (χ2n) is 2.73. The molecule has 0 aliphatic carbocycles. The number of ether oxygens (including phenoxy) is 1. The highest BCUT2D eigenvalue weighted by Gasteiger charge is 2.04. The molecule has 0 saturated heterocycles. The van der Waals surface area contributed by atoms with Gasteiger partial charge in [0, 0.05) is 13.3 Å². The molecule has 0 aromatic carbocycles. The van der Waals surface area contributed by atoms with E-state index in [0.29, 0.717) is 11.6 Å². The van der Waals surface area contributed by atoms with Gasteiger partial charge < -0.3 is 9.14 Å². The number of aromatic nitrogens is 2. The van der Waals surface area contributed by atoms with Gasteiger partial charge in [0.05, 0.1) is 23.5 Å². The molecular weight excluding hydrogens is 188 g/mol. The third kappa shape index (κ3) is 1.41. The van der Waals surface area contributed by atoms with Crippen LogP contribution in [0.25, 0.3) is 5.65 Å². The van der Waals surface area contributed by atoms with Crippen molar-refractivity contribution in [1.82, 2.24) is 9.38 Å². The van der Waals surface area contributed by atoms with E-state index in [9.17, 15) is 0 Å². The first kappa shape index (κ1) is 8.53. The Hall–Kier alpha value is -1.06. The molecule has 2 rings (SSSR count). The van der Waals surface area contributed by atoms with Gasteiger partial charge in [0.15, 0.2) is 5.65 Å². The largest absolute Gasteiger partial charge is 0.378 e. The zero-order chi connectivity index (χ0) is 9.26. The minimum Gasteiger partial charge on any atom is -0.378 e. The maximum Gasteiger partial charge on any atom is 0.155 e. The van der Waals surface area contributed by atoms with E-state index < -0.39 is 0 Å². The standard InChI is InChI=1S/C9H9ClN2O/c1-13-6-7-5-11-9-8(10)3-2-4-12(7)9/h2-5H,6H2,1H3. The topological polar surface area (TPSA) is 26.5 Å². The van der Waals surface area contributed by atoms with Crippen LogP contribution >= 0.6 is 11.6 Å². The minimum atomic E-state index is 0.543. The van der Waals surface area contributed by atoms with Gasteiger partial charge in [0.2, 0.25) is 0 Å². The number of rotatable bonds is 2. The van der Waals surface area contributed by atoms with Crippen molar-refractivity contribution >= 4 is 17.2 Å². The van der Waals surface area contributed by atoms with Crippen molar-refractivity contribution in [2.45, 2.75) is 6.61 Å². The molecule has 4 heteroatoms. The van der Waals surface area contributed by atoms with Gasteiger partial charge in [-0.1, -0.05) is 11.6 Å². The first-order chi connectivity index (χ1) is 6.33. The zero-order valence-corrected chi connectivity index (χ0v) is 7.95. The van der Waals surface area contributed by atoms with Gasteiger partial charge in [-0.25, -0.2) is 4.98 Å². The molecule has 68 valence electrons. The molecule has 2 aromatic rings. The highest BCUT2D eigenvalue weighted by atomic mass is 35.5. The number of nitrogens with zero attached hydrogens (tertiary/aromatic N) is 2. The summed E-state index contributed by atoms with van der Waals surface area (Å²) in [4.78, 5) is 4.19. The van der Waals surface area contributed by atoms with Crippen molar-refractivity contribution in [3.63, 3.8) is 0 Å². The first-order valence-corrected chi connectivity index (χ1v) is 4.30. The third-order valence-corrected chi connectivity index (χ3v) is 2.15. The summed E-state index contributed by atoms with van der Waals surface area (Å²) in [5.41, 5.74) is 1.77. The molecule has 0 atom stereocenters. The van der Waals surface area contributed by atoms with Crippen LogP contribution in [0.15, 0.2) is 24.5 Å². The summed E-state index contributed by atoms with van der Waals surface area (Å²) >= 11 is 5.95. The van der Waals surface area contributed by atoms with Crippen LogP contribution in [0.4, 0.5) is 0 Å². The summed E-state index contributed by atoms with van der Waals surface area (Å²) in [5.74, 6) is 0. The molecule has 3 nitrogen and oxygen atoms in total. The fourth-order valence-corrected chi connectivity index (χ4v) is 1.49. The van der Waals surface area contributed by atoms with Crippen molar-refractivity contribution in [2.24, 2.45) is 0 Å². The van der Waals surface area contributed by atoms with Crippen LogP contribution in [-0.4, -0.2) is 16.5 Å². The van der Waals surface area contributed by atoms with E-state index in [1.165, 1.54) is 0 Å². The maximum atomic E-state index is 5.95. The molecule has 0 aliphatic heterocycles. The van der Waals surface area contributed by atoms with Crippen molar-refractivity contribution < 1.29 is 4.74 Å². The number of halogens is 1. The molecule has 0 saturated carbocycles. The van der Waals surface area contributed by atoms with E-state index in [0.717, 1.165) is 11.3 Å². The molecule has 0 N–H and O–H groups in total. The minimum absolute atomic E-state index is 0.543. The van der Waals surface area contributed by atoms with Crippen molar-refractivity contribution in [3.8, 4) is 0 Å². The van der Waals surface area contributed by atoms with E-state index >= 15 is 0 Å². The lowest BCUT2D eigenvalue weighted by atomic mass is 10.4. The van der Waals surface area contributed by atoms with E-state index in [4.69, 9.17) is 16.3 Å². The Labute approximate surface area is 80.9 Å². The average molecular weight is 197 g/mol. The molecule has 0 bridgehead atoms. The van der Waals surface area contributed by atoms with Gasteiger partial charge in [0.1, 0.15) is 0 Å². The summed E-state index contributed by atoms with van der Waals surface area (Å²) < 4.78 is 6.95. The maximum absolute atomic E-state index is 5.95. The lowest BCUT2D eigenvalue weighted by molar-refractivity contribution is 0.181. The monoisotopic (exact) mass is 196 g/mol. The Kier molecular flexibility index (Phi) is 2.20. The van der Waals surface area contributed by atoms with Crippen molar-refractivity contribution in [3.05, 3.63) is 35.2 Å². The van der Waals surface area contributed by atoms with Crippen LogP contribution in [-0.2, 0) is 11.3 Å². The molecule has 0 radical (unpaired) electrons. The SMILES string of the molecule is COCc1cnc2c(Cl)cccn12. The number of fused-ring (bicyclic) bond motifs is 1. The van der Waals surface area contributed by atoms with Crippen LogP contribution in [0.5, 0.6) is 0 Å². The van der Waals surface area contributed by atoms with Crippen LogP contribution in [0.1, 0.15) is 5.69 Å². The predicted molar refractivity (Wildman–Crippen MR) is 50.9 cm³/mol. The summed E-state index contributed by atoms with van der Waals surface area (Å²) in [6.07, 6.45) is 3.69. The molecule has 13 heavy (non-hydrogen) atoms. The van der Waals surface area contributed by atoms with Crippen LogP contribution in [0, 0.1) is 0 Å². The highest BCUT2D eigenvalue weighted by Crippen LogP contribution is 2.16. The molecule has 0 amide bonds. The Balaban J connectivity index is 2.61. The molecular formula is C9H9ClN2O. The van der Waals surface area contributed by atoms with Gasteiger partial charge in [-0.3, -0.25) is 0 Å².